The molecular formula is C25H25NO4. The summed E-state index contributed by atoms with van der Waals surface area (Å²) in [5.74, 6) is 0.504. The average molecular weight is 403 g/mol. The molecule has 0 fully saturated rings. The van der Waals surface area contributed by atoms with Gasteiger partial charge in [-0.25, -0.2) is 4.98 Å². The van der Waals surface area contributed by atoms with Crippen molar-refractivity contribution in [3.8, 4) is 17.2 Å². The Hall–Kier alpha value is -3.34. The lowest BCUT2D eigenvalue weighted by molar-refractivity contribution is -0.137. The third-order valence-electron chi connectivity index (χ3n) is 5.14. The second kappa shape index (κ2) is 7.82. The molecule has 4 aromatic rings. The zero-order valence-corrected chi connectivity index (χ0v) is 17.4. The van der Waals surface area contributed by atoms with Crippen LogP contribution >= 0.6 is 0 Å². The summed E-state index contributed by atoms with van der Waals surface area (Å²) in [6.45, 7) is 6.92. The van der Waals surface area contributed by atoms with Gasteiger partial charge in [-0.3, -0.25) is 4.79 Å². The minimum atomic E-state index is -0.810. The van der Waals surface area contributed by atoms with Crippen LogP contribution in [-0.4, -0.2) is 22.7 Å². The summed E-state index contributed by atoms with van der Waals surface area (Å²) in [6, 6.07) is 18.0. The van der Waals surface area contributed by atoms with E-state index in [0.29, 0.717) is 18.9 Å². The maximum Gasteiger partial charge on any atom is 0.303 e. The summed E-state index contributed by atoms with van der Waals surface area (Å²) in [5, 5.41) is 10.8. The van der Waals surface area contributed by atoms with E-state index in [4.69, 9.17) is 19.2 Å². The largest absolute Gasteiger partial charge is 0.494 e. The van der Waals surface area contributed by atoms with Gasteiger partial charge in [0, 0.05) is 12.0 Å². The molecule has 0 spiro atoms. The minimum absolute atomic E-state index is 0.0492. The molecule has 0 aliphatic heterocycles. The van der Waals surface area contributed by atoms with Gasteiger partial charge >= 0.3 is 5.97 Å². The summed E-state index contributed by atoms with van der Waals surface area (Å²) in [5.41, 5.74) is 3.82. The van der Waals surface area contributed by atoms with E-state index in [9.17, 15) is 4.79 Å². The number of aliphatic carboxylic acids is 1. The number of hydrogen-bond donors (Lipinski definition) is 1. The van der Waals surface area contributed by atoms with Crippen LogP contribution in [0.3, 0.4) is 0 Å². The van der Waals surface area contributed by atoms with Gasteiger partial charge in [0.05, 0.1) is 6.61 Å². The van der Waals surface area contributed by atoms with Crippen molar-refractivity contribution in [1.29, 1.82) is 0 Å². The summed E-state index contributed by atoms with van der Waals surface area (Å²) in [6.07, 6.45) is 0.583. The first-order valence-electron chi connectivity index (χ1n) is 10.1. The van der Waals surface area contributed by atoms with E-state index < -0.39 is 5.97 Å². The van der Waals surface area contributed by atoms with Crippen LogP contribution in [0.5, 0.6) is 5.75 Å². The van der Waals surface area contributed by atoms with Crippen LogP contribution in [0, 0.1) is 0 Å². The van der Waals surface area contributed by atoms with Crippen LogP contribution in [0.25, 0.3) is 33.3 Å². The lowest BCUT2D eigenvalue weighted by Gasteiger charge is -2.18. The van der Waals surface area contributed by atoms with Crippen molar-refractivity contribution < 1.29 is 19.1 Å². The Balaban J connectivity index is 1.65. The molecular weight excluding hydrogens is 378 g/mol. The Morgan fingerprint density at radius 2 is 1.93 bits per heavy atom. The highest BCUT2D eigenvalue weighted by molar-refractivity contribution is 5.96. The Kier molecular flexibility index (Phi) is 5.20. The third-order valence-corrected chi connectivity index (χ3v) is 5.14. The number of aromatic nitrogens is 1. The van der Waals surface area contributed by atoms with Crippen molar-refractivity contribution in [3.63, 3.8) is 0 Å². The fourth-order valence-corrected chi connectivity index (χ4v) is 3.46. The van der Waals surface area contributed by atoms with Crippen molar-refractivity contribution in [2.75, 3.05) is 6.61 Å². The molecule has 0 radical (unpaired) electrons. The van der Waals surface area contributed by atoms with E-state index in [-0.39, 0.29) is 11.8 Å². The van der Waals surface area contributed by atoms with Crippen molar-refractivity contribution in [2.24, 2.45) is 0 Å². The summed E-state index contributed by atoms with van der Waals surface area (Å²) in [7, 11) is 0. The monoisotopic (exact) mass is 403 g/mol. The van der Waals surface area contributed by atoms with E-state index in [1.165, 1.54) is 5.56 Å². The molecule has 0 saturated heterocycles. The molecule has 0 unspecified atom stereocenters. The van der Waals surface area contributed by atoms with Crippen LogP contribution in [0.1, 0.15) is 39.2 Å². The predicted octanol–water partition coefficient (Wildman–Crippen LogP) is 6.19. The molecule has 1 aromatic heterocycles. The van der Waals surface area contributed by atoms with E-state index in [1.54, 1.807) is 0 Å². The number of carbonyl (C=O) groups is 1. The lowest BCUT2D eigenvalue weighted by atomic mass is 9.87. The topological polar surface area (TPSA) is 72.6 Å². The van der Waals surface area contributed by atoms with Gasteiger partial charge in [0.15, 0.2) is 5.58 Å². The first-order chi connectivity index (χ1) is 14.3. The van der Waals surface area contributed by atoms with Gasteiger partial charge in [0.2, 0.25) is 5.89 Å². The van der Waals surface area contributed by atoms with Crippen LogP contribution < -0.4 is 4.74 Å². The highest BCUT2D eigenvalue weighted by Gasteiger charge is 2.17. The SMILES string of the molecule is CC(C)(C)c1ccc2oc(-c3cccc4cc(OCCCC(=O)O)ccc34)nc2c1. The number of carboxylic acid groups (broad SMARTS) is 1. The van der Waals surface area contributed by atoms with Gasteiger partial charge in [0.25, 0.3) is 0 Å². The number of hydrogen-bond acceptors (Lipinski definition) is 4. The molecule has 154 valence electrons. The normalized spacial score (nSPS) is 11.8. The van der Waals surface area contributed by atoms with E-state index in [2.05, 4.69) is 32.9 Å². The van der Waals surface area contributed by atoms with Gasteiger partial charge in [-0.1, -0.05) is 39.0 Å². The highest BCUT2D eigenvalue weighted by Crippen LogP contribution is 2.33. The number of benzene rings is 3. The fraction of sp³-hybridized carbons (Fsp3) is 0.280. The lowest BCUT2D eigenvalue weighted by Crippen LogP contribution is -2.10. The van der Waals surface area contributed by atoms with E-state index >= 15 is 0 Å². The number of ether oxygens (including phenoxy) is 1. The first-order valence-corrected chi connectivity index (χ1v) is 10.1. The van der Waals surface area contributed by atoms with E-state index in [1.807, 2.05) is 42.5 Å². The number of fused-ring (bicyclic) bond motifs is 2. The van der Waals surface area contributed by atoms with Gasteiger partial charge in [0.1, 0.15) is 11.3 Å². The second-order valence-corrected chi connectivity index (χ2v) is 8.49. The van der Waals surface area contributed by atoms with Gasteiger partial charge in [-0.15, -0.1) is 0 Å². The minimum Gasteiger partial charge on any atom is -0.494 e. The van der Waals surface area contributed by atoms with Crippen molar-refractivity contribution in [3.05, 3.63) is 60.2 Å². The Morgan fingerprint density at radius 1 is 1.10 bits per heavy atom. The molecule has 1 N–H and O–H groups in total. The number of nitrogens with zero attached hydrogens (tertiary/aromatic N) is 1. The molecule has 1 heterocycles. The molecule has 4 rings (SSSR count). The van der Waals surface area contributed by atoms with Crippen LogP contribution in [0.15, 0.2) is 59.0 Å². The molecule has 5 nitrogen and oxygen atoms in total. The third kappa shape index (κ3) is 4.15. The Bertz CT molecular complexity index is 1220. The molecule has 30 heavy (non-hydrogen) atoms. The van der Waals surface area contributed by atoms with Crippen molar-refractivity contribution >= 4 is 27.8 Å². The predicted molar refractivity (Wildman–Crippen MR) is 118 cm³/mol. The number of carboxylic acids is 1. The molecule has 0 aliphatic carbocycles. The van der Waals surface area contributed by atoms with Gasteiger partial charge in [-0.05, 0) is 64.6 Å². The highest BCUT2D eigenvalue weighted by atomic mass is 16.5. The Labute approximate surface area is 175 Å². The second-order valence-electron chi connectivity index (χ2n) is 8.49. The molecule has 0 amide bonds. The van der Waals surface area contributed by atoms with Crippen LogP contribution in [0.4, 0.5) is 0 Å². The van der Waals surface area contributed by atoms with Crippen molar-refractivity contribution in [1.82, 2.24) is 4.98 Å². The van der Waals surface area contributed by atoms with Crippen LogP contribution in [0.2, 0.25) is 0 Å². The van der Waals surface area contributed by atoms with Crippen LogP contribution in [-0.2, 0) is 10.2 Å². The summed E-state index contributed by atoms with van der Waals surface area (Å²) < 4.78 is 11.8. The smallest absolute Gasteiger partial charge is 0.303 e. The Morgan fingerprint density at radius 3 is 2.70 bits per heavy atom. The van der Waals surface area contributed by atoms with Crippen molar-refractivity contribution in [2.45, 2.75) is 39.0 Å². The molecule has 0 aliphatic rings. The maximum atomic E-state index is 10.6. The summed E-state index contributed by atoms with van der Waals surface area (Å²) >= 11 is 0. The summed E-state index contributed by atoms with van der Waals surface area (Å²) in [4.78, 5) is 15.4. The molecule has 0 atom stereocenters. The molecule has 3 aromatic carbocycles. The maximum absolute atomic E-state index is 10.6. The first kappa shape index (κ1) is 20.0. The van der Waals surface area contributed by atoms with Gasteiger partial charge < -0.3 is 14.3 Å². The number of rotatable bonds is 6. The fourth-order valence-electron chi connectivity index (χ4n) is 3.46. The standard InChI is InChI=1S/C25H25NO4/c1-25(2,3)17-9-12-22-21(15-17)26-24(30-22)20-7-4-6-16-14-18(10-11-19(16)20)29-13-5-8-23(27)28/h4,6-7,9-12,14-15H,5,8,13H2,1-3H3,(H,27,28). The van der Waals surface area contributed by atoms with E-state index in [0.717, 1.165) is 33.2 Å². The molecule has 0 saturated carbocycles. The average Bonchev–Trinajstić information content (AvgIpc) is 3.13. The zero-order valence-electron chi connectivity index (χ0n) is 17.4. The molecule has 5 heteroatoms. The number of oxazole rings is 1. The van der Waals surface area contributed by atoms with Gasteiger partial charge in [-0.2, -0.15) is 0 Å². The zero-order chi connectivity index (χ0) is 21.3. The molecule has 0 bridgehead atoms. The quantitative estimate of drug-likeness (QED) is 0.389.